The topological polar surface area (TPSA) is 55.5 Å². The molecule has 0 saturated carbocycles. The van der Waals surface area contributed by atoms with Crippen LogP contribution in [0.2, 0.25) is 0 Å². The van der Waals surface area contributed by atoms with Gasteiger partial charge in [0.05, 0.1) is 10.8 Å². The number of hydrogen-bond acceptors (Lipinski definition) is 3. The highest BCUT2D eigenvalue weighted by atomic mass is 32.2. The average molecular weight is 142 g/mol. The second-order valence-corrected chi connectivity index (χ2v) is 2.49. The fourth-order valence-electron chi connectivity index (χ4n) is 0.472. The van der Waals surface area contributed by atoms with Gasteiger partial charge in [-0.1, -0.05) is 11.8 Å². The highest BCUT2D eigenvalue weighted by Crippen LogP contribution is 2.16. The summed E-state index contributed by atoms with van der Waals surface area (Å²) in [5.74, 6) is 0.237. The summed E-state index contributed by atoms with van der Waals surface area (Å²) < 4.78 is 0. The zero-order valence-electron chi connectivity index (χ0n) is 4.70. The molecule has 48 valence electrons. The van der Waals surface area contributed by atoms with Crippen LogP contribution in [-0.2, 0) is 4.79 Å². The molecule has 0 aromatic rings. The molecule has 0 aromatic heterocycles. The summed E-state index contributed by atoms with van der Waals surface area (Å²) in [5, 5.41) is 0. The molecule has 0 aliphatic carbocycles. The summed E-state index contributed by atoms with van der Waals surface area (Å²) in [7, 11) is 0. The number of thioether (sulfide) groups is 1. The second kappa shape index (κ2) is 2.68. The van der Waals surface area contributed by atoms with Crippen molar-refractivity contribution < 1.29 is 4.79 Å². The van der Waals surface area contributed by atoms with Crippen LogP contribution >= 0.6 is 11.8 Å². The Hall–Kier alpha value is -0.770. The minimum Gasteiger partial charge on any atom is -0.365 e. The molecule has 0 saturated heterocycles. The highest BCUT2D eigenvalue weighted by molar-refractivity contribution is 8.04. The van der Waals surface area contributed by atoms with Crippen LogP contribution < -0.4 is 5.73 Å². The van der Waals surface area contributed by atoms with Gasteiger partial charge in [-0.15, -0.1) is 0 Å². The maximum absolute atomic E-state index is 10.4. The first-order valence-corrected chi connectivity index (χ1v) is 3.42. The van der Waals surface area contributed by atoms with Crippen LogP contribution in [0.3, 0.4) is 0 Å². The van der Waals surface area contributed by atoms with Crippen molar-refractivity contribution in [3.05, 3.63) is 11.0 Å². The molecule has 1 heterocycles. The number of hydrogen-bond donors (Lipinski definition) is 1. The van der Waals surface area contributed by atoms with E-state index in [1.807, 2.05) is 0 Å². The van der Waals surface area contributed by atoms with E-state index in [0.29, 0.717) is 10.8 Å². The van der Waals surface area contributed by atoms with Gasteiger partial charge in [0.1, 0.15) is 0 Å². The van der Waals surface area contributed by atoms with Crippen molar-refractivity contribution in [3.63, 3.8) is 0 Å². The van der Waals surface area contributed by atoms with Gasteiger partial charge in [-0.05, 0) is 6.08 Å². The number of primary amides is 1. The van der Waals surface area contributed by atoms with E-state index in [1.54, 1.807) is 12.3 Å². The van der Waals surface area contributed by atoms with Crippen molar-refractivity contribution in [2.24, 2.45) is 10.7 Å². The normalized spacial score (nSPS) is 17.1. The Balaban J connectivity index is 2.68. The van der Waals surface area contributed by atoms with E-state index in [-0.39, 0.29) is 5.91 Å². The first-order chi connectivity index (χ1) is 4.30. The zero-order valence-corrected chi connectivity index (χ0v) is 5.52. The predicted molar refractivity (Wildman–Crippen MR) is 38.2 cm³/mol. The third-order valence-corrected chi connectivity index (χ3v) is 1.80. The van der Waals surface area contributed by atoms with Crippen molar-refractivity contribution >= 4 is 23.9 Å². The molecule has 0 unspecified atom stereocenters. The number of rotatable bonds is 1. The third kappa shape index (κ3) is 1.57. The Bertz CT molecular complexity index is 185. The molecule has 0 spiro atoms. The molecule has 4 heteroatoms. The van der Waals surface area contributed by atoms with Crippen LogP contribution in [0.5, 0.6) is 0 Å². The van der Waals surface area contributed by atoms with Gasteiger partial charge in [-0.2, -0.15) is 0 Å². The summed E-state index contributed by atoms with van der Waals surface area (Å²) >= 11 is 1.36. The molecule has 0 aromatic carbocycles. The molecule has 1 rings (SSSR count). The van der Waals surface area contributed by atoms with Gasteiger partial charge in [-0.3, -0.25) is 9.79 Å². The van der Waals surface area contributed by atoms with E-state index >= 15 is 0 Å². The molecular weight excluding hydrogens is 136 g/mol. The monoisotopic (exact) mass is 142 g/mol. The fourth-order valence-corrected chi connectivity index (χ4v) is 1.07. The van der Waals surface area contributed by atoms with E-state index in [0.717, 1.165) is 0 Å². The van der Waals surface area contributed by atoms with E-state index in [9.17, 15) is 4.79 Å². The van der Waals surface area contributed by atoms with Crippen molar-refractivity contribution in [3.8, 4) is 0 Å². The Kier molecular flexibility index (Phi) is 1.89. The zero-order chi connectivity index (χ0) is 6.69. The minimum absolute atomic E-state index is 0.369. The Morgan fingerprint density at radius 1 is 1.89 bits per heavy atom. The number of allylic oxidation sites excluding steroid dienone is 1. The number of carbonyl (C=O) groups excluding carboxylic acids is 1. The summed E-state index contributed by atoms with van der Waals surface area (Å²) in [6.45, 7) is 0. The minimum atomic E-state index is -0.369. The predicted octanol–water partition coefficient (Wildman–Crippen LogP) is 0.131. The summed E-state index contributed by atoms with van der Waals surface area (Å²) in [5.41, 5.74) is 4.98. The van der Waals surface area contributed by atoms with Gasteiger partial charge in [0.25, 0.3) is 5.91 Å². The molecule has 0 bridgehead atoms. The van der Waals surface area contributed by atoms with Crippen LogP contribution in [0.1, 0.15) is 0 Å². The first kappa shape index (κ1) is 6.35. The fraction of sp³-hybridized carbons (Fsp3) is 0.200. The SMILES string of the molecule is NC(=O)C1=CC=NCS1. The van der Waals surface area contributed by atoms with E-state index in [1.165, 1.54) is 11.8 Å². The van der Waals surface area contributed by atoms with E-state index in [4.69, 9.17) is 5.73 Å². The Morgan fingerprint density at radius 2 is 2.67 bits per heavy atom. The quantitative estimate of drug-likeness (QED) is 0.565. The van der Waals surface area contributed by atoms with E-state index in [2.05, 4.69) is 4.99 Å². The molecule has 2 N–H and O–H groups in total. The van der Waals surface area contributed by atoms with Crippen molar-refractivity contribution in [1.82, 2.24) is 0 Å². The lowest BCUT2D eigenvalue weighted by Gasteiger charge is -2.01. The lowest BCUT2D eigenvalue weighted by atomic mass is 10.5. The number of amides is 1. The van der Waals surface area contributed by atoms with Gasteiger partial charge >= 0.3 is 0 Å². The van der Waals surface area contributed by atoms with Crippen LogP contribution in [0.15, 0.2) is 16.0 Å². The smallest absolute Gasteiger partial charge is 0.255 e. The standard InChI is InChI=1S/C5H6N2OS/c6-5(8)4-1-2-7-3-9-4/h1-2H,3H2,(H2,6,8). The Labute approximate surface area is 57.0 Å². The maximum atomic E-state index is 10.4. The molecular formula is C5H6N2OS. The van der Waals surface area contributed by atoms with Crippen molar-refractivity contribution in [2.45, 2.75) is 0 Å². The molecule has 1 aliphatic heterocycles. The van der Waals surface area contributed by atoms with Crippen LogP contribution in [-0.4, -0.2) is 18.0 Å². The van der Waals surface area contributed by atoms with Crippen LogP contribution in [0.25, 0.3) is 0 Å². The molecule has 0 atom stereocenters. The van der Waals surface area contributed by atoms with Crippen molar-refractivity contribution in [1.29, 1.82) is 0 Å². The molecule has 9 heavy (non-hydrogen) atoms. The summed E-state index contributed by atoms with van der Waals surface area (Å²) in [6.07, 6.45) is 3.22. The molecule has 1 aliphatic rings. The van der Waals surface area contributed by atoms with Gasteiger partial charge in [0.15, 0.2) is 0 Å². The molecule has 0 radical (unpaired) electrons. The second-order valence-electron chi connectivity index (χ2n) is 1.50. The lowest BCUT2D eigenvalue weighted by Crippen LogP contribution is -2.13. The summed E-state index contributed by atoms with van der Waals surface area (Å²) in [4.78, 5) is 14.9. The molecule has 3 nitrogen and oxygen atoms in total. The highest BCUT2D eigenvalue weighted by Gasteiger charge is 2.05. The number of nitrogens with zero attached hydrogens (tertiary/aromatic N) is 1. The number of aliphatic imine (C=N–C) groups is 1. The largest absolute Gasteiger partial charge is 0.365 e. The molecule has 0 fully saturated rings. The maximum Gasteiger partial charge on any atom is 0.255 e. The van der Waals surface area contributed by atoms with Gasteiger partial charge in [-0.25, -0.2) is 0 Å². The number of nitrogens with two attached hydrogens (primary N) is 1. The van der Waals surface area contributed by atoms with Crippen LogP contribution in [0.4, 0.5) is 0 Å². The Morgan fingerprint density at radius 3 is 3.00 bits per heavy atom. The van der Waals surface area contributed by atoms with Crippen molar-refractivity contribution in [2.75, 3.05) is 5.88 Å². The van der Waals surface area contributed by atoms with E-state index < -0.39 is 0 Å². The lowest BCUT2D eigenvalue weighted by molar-refractivity contribution is -0.113. The van der Waals surface area contributed by atoms with Gasteiger partial charge < -0.3 is 5.73 Å². The average Bonchev–Trinajstić information content (AvgIpc) is 1.90. The number of carbonyl (C=O) groups is 1. The van der Waals surface area contributed by atoms with Crippen LogP contribution in [0, 0.1) is 0 Å². The van der Waals surface area contributed by atoms with Gasteiger partial charge in [0.2, 0.25) is 0 Å². The third-order valence-electron chi connectivity index (χ3n) is 0.869. The van der Waals surface area contributed by atoms with Gasteiger partial charge in [0, 0.05) is 6.21 Å². The summed E-state index contributed by atoms with van der Waals surface area (Å²) in [6, 6.07) is 0. The molecule has 1 amide bonds. The first-order valence-electron chi connectivity index (χ1n) is 2.43.